The fourth-order valence-corrected chi connectivity index (χ4v) is 2.85. The molecule has 2 aromatic rings. The Morgan fingerprint density at radius 3 is 2.74 bits per heavy atom. The summed E-state index contributed by atoms with van der Waals surface area (Å²) in [7, 11) is 0. The van der Waals surface area contributed by atoms with E-state index in [9.17, 15) is 9.59 Å². The van der Waals surface area contributed by atoms with Gasteiger partial charge in [-0.25, -0.2) is 9.78 Å². The van der Waals surface area contributed by atoms with Crippen molar-refractivity contribution in [2.24, 2.45) is 0 Å². The number of hydrogen-bond acceptors (Lipinski definition) is 4. The SMILES string of the molecule is CCCCc1ccc(NC(=O)CSc2[nH]c(=O)ncc2C)cc1. The molecule has 1 amide bonds. The van der Waals surface area contributed by atoms with Crippen molar-refractivity contribution >= 4 is 23.4 Å². The number of thioether (sulfide) groups is 1. The molecule has 1 aromatic heterocycles. The van der Waals surface area contributed by atoms with Crippen molar-refractivity contribution in [3.8, 4) is 0 Å². The van der Waals surface area contributed by atoms with Gasteiger partial charge < -0.3 is 10.3 Å². The standard InChI is InChI=1S/C17H21N3O2S/c1-3-4-5-13-6-8-14(9-7-13)19-15(21)11-23-16-12(2)10-18-17(22)20-16/h6-10H,3-5,11H2,1-2H3,(H,19,21)(H,18,20,22). The summed E-state index contributed by atoms with van der Waals surface area (Å²) < 4.78 is 0. The fraction of sp³-hybridized carbons (Fsp3) is 0.353. The van der Waals surface area contributed by atoms with Crippen LogP contribution in [0.1, 0.15) is 30.9 Å². The molecule has 0 spiro atoms. The van der Waals surface area contributed by atoms with E-state index >= 15 is 0 Å². The van der Waals surface area contributed by atoms with E-state index in [1.807, 2.05) is 31.2 Å². The van der Waals surface area contributed by atoms with Crippen molar-refractivity contribution in [1.82, 2.24) is 9.97 Å². The molecule has 0 radical (unpaired) electrons. The molecule has 0 unspecified atom stereocenters. The molecule has 0 aliphatic carbocycles. The average molecular weight is 331 g/mol. The van der Waals surface area contributed by atoms with Crippen LogP contribution in [0, 0.1) is 6.92 Å². The normalized spacial score (nSPS) is 10.5. The number of aromatic nitrogens is 2. The van der Waals surface area contributed by atoms with Crippen molar-refractivity contribution in [2.45, 2.75) is 38.1 Å². The van der Waals surface area contributed by atoms with Gasteiger partial charge in [0.2, 0.25) is 5.91 Å². The quantitative estimate of drug-likeness (QED) is 0.604. The highest BCUT2D eigenvalue weighted by molar-refractivity contribution is 8.00. The Balaban J connectivity index is 1.87. The molecule has 23 heavy (non-hydrogen) atoms. The second kappa shape index (κ2) is 8.53. The first-order chi connectivity index (χ1) is 11.1. The monoisotopic (exact) mass is 331 g/mol. The van der Waals surface area contributed by atoms with Gasteiger partial charge in [0.05, 0.1) is 10.8 Å². The highest BCUT2D eigenvalue weighted by atomic mass is 32.2. The minimum atomic E-state index is -0.402. The lowest BCUT2D eigenvalue weighted by Crippen LogP contribution is -2.16. The molecule has 0 bridgehead atoms. The van der Waals surface area contributed by atoms with E-state index in [1.54, 1.807) is 0 Å². The molecule has 1 heterocycles. The van der Waals surface area contributed by atoms with Gasteiger partial charge in [0.1, 0.15) is 0 Å². The van der Waals surface area contributed by atoms with Crippen molar-refractivity contribution < 1.29 is 4.79 Å². The Hall–Kier alpha value is -2.08. The van der Waals surface area contributed by atoms with Gasteiger partial charge in [-0.15, -0.1) is 0 Å². The summed E-state index contributed by atoms with van der Waals surface area (Å²) in [5.74, 6) is 0.131. The fourth-order valence-electron chi connectivity index (χ4n) is 2.06. The first kappa shape index (κ1) is 17.3. The second-order valence-corrected chi connectivity index (χ2v) is 6.32. The van der Waals surface area contributed by atoms with Crippen LogP contribution in [0.2, 0.25) is 0 Å². The minimum absolute atomic E-state index is 0.103. The number of nitrogens with one attached hydrogen (secondary N) is 2. The zero-order valence-electron chi connectivity index (χ0n) is 13.4. The van der Waals surface area contributed by atoms with Gasteiger partial charge in [-0.05, 0) is 43.0 Å². The van der Waals surface area contributed by atoms with Crippen LogP contribution in [-0.2, 0) is 11.2 Å². The zero-order chi connectivity index (χ0) is 16.7. The molecule has 2 N–H and O–H groups in total. The maximum atomic E-state index is 12.0. The Morgan fingerprint density at radius 1 is 1.30 bits per heavy atom. The lowest BCUT2D eigenvalue weighted by molar-refractivity contribution is -0.113. The van der Waals surface area contributed by atoms with Crippen molar-refractivity contribution in [3.05, 3.63) is 52.1 Å². The number of rotatable bonds is 7. The summed E-state index contributed by atoms with van der Waals surface area (Å²) in [6.07, 6.45) is 4.92. The van der Waals surface area contributed by atoms with E-state index in [4.69, 9.17) is 0 Å². The van der Waals surface area contributed by atoms with E-state index in [-0.39, 0.29) is 11.7 Å². The van der Waals surface area contributed by atoms with Crippen molar-refractivity contribution in [1.29, 1.82) is 0 Å². The number of aryl methyl sites for hydroxylation is 2. The molecular formula is C17H21N3O2S. The van der Waals surface area contributed by atoms with E-state index in [2.05, 4.69) is 22.2 Å². The van der Waals surface area contributed by atoms with Crippen molar-refractivity contribution in [2.75, 3.05) is 11.1 Å². The predicted molar refractivity (Wildman–Crippen MR) is 94.0 cm³/mol. The summed E-state index contributed by atoms with van der Waals surface area (Å²) in [5, 5.41) is 3.54. The Kier molecular flexibility index (Phi) is 6.40. The molecule has 0 saturated heterocycles. The number of H-pyrrole nitrogens is 1. The first-order valence-corrected chi connectivity index (χ1v) is 8.64. The number of carbonyl (C=O) groups excluding carboxylic acids is 1. The molecule has 0 aliphatic rings. The highest BCUT2D eigenvalue weighted by Crippen LogP contribution is 2.18. The van der Waals surface area contributed by atoms with Gasteiger partial charge in [0, 0.05) is 11.9 Å². The van der Waals surface area contributed by atoms with Crippen LogP contribution in [-0.4, -0.2) is 21.6 Å². The highest BCUT2D eigenvalue weighted by Gasteiger charge is 2.07. The molecular weight excluding hydrogens is 310 g/mol. The smallest absolute Gasteiger partial charge is 0.325 e. The molecule has 5 nitrogen and oxygen atoms in total. The molecule has 0 fully saturated rings. The number of benzene rings is 1. The molecule has 1 aromatic carbocycles. The van der Waals surface area contributed by atoms with E-state index in [0.29, 0.717) is 5.03 Å². The minimum Gasteiger partial charge on any atom is -0.325 e. The topological polar surface area (TPSA) is 74.8 Å². The van der Waals surface area contributed by atoms with Gasteiger partial charge in [0.15, 0.2) is 0 Å². The van der Waals surface area contributed by atoms with Crippen LogP contribution < -0.4 is 11.0 Å². The lowest BCUT2D eigenvalue weighted by atomic mass is 10.1. The molecule has 6 heteroatoms. The molecule has 2 rings (SSSR count). The van der Waals surface area contributed by atoms with Gasteiger partial charge >= 0.3 is 5.69 Å². The number of anilines is 1. The summed E-state index contributed by atoms with van der Waals surface area (Å²) in [4.78, 5) is 29.5. The first-order valence-electron chi connectivity index (χ1n) is 7.66. The summed E-state index contributed by atoms with van der Waals surface area (Å²) >= 11 is 1.30. The summed E-state index contributed by atoms with van der Waals surface area (Å²) in [6.45, 7) is 4.02. The number of nitrogens with zero attached hydrogens (tertiary/aromatic N) is 1. The van der Waals surface area contributed by atoms with Crippen molar-refractivity contribution in [3.63, 3.8) is 0 Å². The third-order valence-corrected chi connectivity index (χ3v) is 4.48. The molecule has 122 valence electrons. The van der Waals surface area contributed by atoms with Gasteiger partial charge in [0.25, 0.3) is 0 Å². The Labute approximate surface area is 139 Å². The van der Waals surface area contributed by atoms with E-state index in [1.165, 1.54) is 36.4 Å². The van der Waals surface area contributed by atoms with Crippen LogP contribution in [0.25, 0.3) is 0 Å². The summed E-state index contributed by atoms with van der Waals surface area (Å²) in [5.41, 5.74) is 2.52. The number of amides is 1. The van der Waals surface area contributed by atoms with Gasteiger partial charge in [-0.3, -0.25) is 4.79 Å². The number of hydrogen-bond donors (Lipinski definition) is 2. The van der Waals surface area contributed by atoms with Crippen LogP contribution in [0.5, 0.6) is 0 Å². The number of unbranched alkanes of at least 4 members (excludes halogenated alkanes) is 1. The van der Waals surface area contributed by atoms with Gasteiger partial charge in [-0.1, -0.05) is 37.2 Å². The molecule has 0 saturated carbocycles. The predicted octanol–water partition coefficient (Wildman–Crippen LogP) is 3.15. The third kappa shape index (κ3) is 5.56. The van der Waals surface area contributed by atoms with E-state index < -0.39 is 5.69 Å². The largest absolute Gasteiger partial charge is 0.345 e. The molecule has 0 atom stereocenters. The maximum absolute atomic E-state index is 12.0. The number of aromatic amines is 1. The Morgan fingerprint density at radius 2 is 2.04 bits per heavy atom. The third-order valence-electron chi connectivity index (χ3n) is 3.36. The number of carbonyl (C=O) groups is 1. The van der Waals surface area contributed by atoms with Crippen LogP contribution in [0.15, 0.2) is 40.3 Å². The van der Waals surface area contributed by atoms with Crippen LogP contribution >= 0.6 is 11.8 Å². The van der Waals surface area contributed by atoms with Crippen LogP contribution in [0.4, 0.5) is 5.69 Å². The van der Waals surface area contributed by atoms with E-state index in [0.717, 1.165) is 17.7 Å². The molecule has 0 aliphatic heterocycles. The van der Waals surface area contributed by atoms with Gasteiger partial charge in [-0.2, -0.15) is 0 Å². The average Bonchev–Trinajstić information content (AvgIpc) is 2.55. The Bertz CT molecular complexity index is 711. The lowest BCUT2D eigenvalue weighted by Gasteiger charge is -2.07. The maximum Gasteiger partial charge on any atom is 0.345 e. The zero-order valence-corrected chi connectivity index (χ0v) is 14.2. The van der Waals surface area contributed by atoms with Crippen LogP contribution in [0.3, 0.4) is 0 Å². The summed E-state index contributed by atoms with van der Waals surface area (Å²) in [6, 6.07) is 7.94. The second-order valence-electron chi connectivity index (χ2n) is 5.34.